The van der Waals surface area contributed by atoms with Gasteiger partial charge >= 0.3 is 6.09 Å². The molecule has 2 N–H and O–H groups in total. The first-order valence-corrected chi connectivity index (χ1v) is 13.3. The number of aliphatic hydroxyl groups is 1. The minimum absolute atomic E-state index is 0.0239. The number of ether oxygens (including phenoxy) is 1. The molecule has 0 aliphatic carbocycles. The van der Waals surface area contributed by atoms with Crippen molar-refractivity contribution in [2.45, 2.75) is 76.7 Å². The average Bonchev–Trinajstić information content (AvgIpc) is 3.23. The van der Waals surface area contributed by atoms with Crippen LogP contribution in [0.1, 0.15) is 44.9 Å². The Balaban J connectivity index is 2.08. The Labute approximate surface area is 175 Å². The molecule has 1 saturated heterocycles. The van der Waals surface area contributed by atoms with Crippen LogP contribution in [-0.4, -0.2) is 66.5 Å². The van der Waals surface area contributed by atoms with Crippen molar-refractivity contribution in [2.24, 2.45) is 0 Å². The van der Waals surface area contributed by atoms with Crippen LogP contribution in [0.2, 0.25) is 18.1 Å². The SMILES string of the molecule is C=CCOC(=O)N1C[C@H](O[Si](C)(C)C(C)(C)C)C[C@H]1CCc1[nH]ncc1CCO. The molecule has 1 aromatic heterocycles. The van der Waals surface area contributed by atoms with Gasteiger partial charge in [-0.2, -0.15) is 5.10 Å². The Kier molecular flexibility index (Phi) is 8.07. The van der Waals surface area contributed by atoms with Gasteiger partial charge in [-0.25, -0.2) is 4.79 Å². The number of aliphatic hydroxyl groups excluding tert-OH is 1. The number of rotatable bonds is 9. The molecule has 1 amide bonds. The molecule has 0 spiro atoms. The zero-order valence-corrected chi connectivity index (χ0v) is 19.5. The molecule has 29 heavy (non-hydrogen) atoms. The number of carbonyl (C=O) groups excluding carboxylic acids is 1. The second-order valence-electron chi connectivity index (χ2n) is 9.29. The Bertz CT molecular complexity index is 684. The lowest BCUT2D eigenvalue weighted by atomic mass is 10.0. The van der Waals surface area contributed by atoms with E-state index in [0.717, 1.165) is 30.5 Å². The van der Waals surface area contributed by atoms with Crippen LogP contribution in [0.3, 0.4) is 0 Å². The summed E-state index contributed by atoms with van der Waals surface area (Å²) in [5.74, 6) is 0. The second kappa shape index (κ2) is 9.91. The normalized spacial score (nSPS) is 20.1. The van der Waals surface area contributed by atoms with Crippen LogP contribution in [0, 0.1) is 0 Å². The first kappa shape index (κ1) is 23.6. The van der Waals surface area contributed by atoms with Gasteiger partial charge in [0.05, 0.1) is 12.3 Å². The van der Waals surface area contributed by atoms with Crippen LogP contribution in [-0.2, 0) is 22.0 Å². The van der Waals surface area contributed by atoms with Crippen molar-refractivity contribution in [1.82, 2.24) is 15.1 Å². The smallest absolute Gasteiger partial charge is 0.410 e. The molecule has 2 rings (SSSR count). The number of likely N-dealkylation sites (tertiary alicyclic amines) is 1. The molecule has 7 nitrogen and oxygen atoms in total. The van der Waals surface area contributed by atoms with Gasteiger partial charge in [-0.05, 0) is 49.4 Å². The summed E-state index contributed by atoms with van der Waals surface area (Å²) < 4.78 is 11.9. The van der Waals surface area contributed by atoms with Gasteiger partial charge in [0.2, 0.25) is 0 Å². The van der Waals surface area contributed by atoms with E-state index in [0.29, 0.717) is 13.0 Å². The third kappa shape index (κ3) is 6.17. The maximum Gasteiger partial charge on any atom is 0.410 e. The fourth-order valence-corrected chi connectivity index (χ4v) is 4.82. The highest BCUT2D eigenvalue weighted by Gasteiger charge is 2.43. The van der Waals surface area contributed by atoms with E-state index < -0.39 is 8.32 Å². The summed E-state index contributed by atoms with van der Waals surface area (Å²) in [7, 11) is -1.92. The first-order valence-electron chi connectivity index (χ1n) is 10.4. The number of nitrogens with zero attached hydrogens (tertiary/aromatic N) is 2. The lowest BCUT2D eigenvalue weighted by molar-refractivity contribution is 0.102. The molecule has 1 aromatic rings. The van der Waals surface area contributed by atoms with Gasteiger partial charge in [-0.3, -0.25) is 5.10 Å². The topological polar surface area (TPSA) is 87.7 Å². The average molecular weight is 424 g/mol. The summed E-state index contributed by atoms with van der Waals surface area (Å²) in [4.78, 5) is 14.4. The van der Waals surface area contributed by atoms with Crippen molar-refractivity contribution < 1.29 is 19.1 Å². The number of amides is 1. The zero-order valence-electron chi connectivity index (χ0n) is 18.5. The van der Waals surface area contributed by atoms with Crippen LogP contribution in [0.25, 0.3) is 0 Å². The predicted octanol–water partition coefficient (Wildman–Crippen LogP) is 3.66. The highest BCUT2D eigenvalue weighted by molar-refractivity contribution is 6.74. The van der Waals surface area contributed by atoms with Crippen molar-refractivity contribution >= 4 is 14.4 Å². The number of H-pyrrole nitrogens is 1. The molecular weight excluding hydrogens is 386 g/mol. The van der Waals surface area contributed by atoms with Gasteiger partial charge in [0.25, 0.3) is 0 Å². The Morgan fingerprint density at radius 2 is 2.17 bits per heavy atom. The molecule has 2 heterocycles. The molecule has 0 bridgehead atoms. The van der Waals surface area contributed by atoms with E-state index >= 15 is 0 Å². The van der Waals surface area contributed by atoms with Crippen molar-refractivity contribution in [3.63, 3.8) is 0 Å². The standard InChI is InChI=1S/C21H37N3O4Si/c1-7-12-27-20(26)24-15-18(28-29(5,6)21(2,3)4)13-17(24)8-9-19-16(10-11-25)14-22-23-19/h7,14,17-18,25H,1,8-13,15H2,2-6H3,(H,22,23)/t17-,18-/m1/s1. The molecule has 1 fully saturated rings. The highest BCUT2D eigenvalue weighted by Crippen LogP contribution is 2.39. The van der Waals surface area contributed by atoms with Crippen LogP contribution in [0.15, 0.2) is 18.9 Å². The lowest BCUT2D eigenvalue weighted by Gasteiger charge is -2.38. The molecule has 0 saturated carbocycles. The van der Waals surface area contributed by atoms with Gasteiger partial charge in [0.1, 0.15) is 6.61 Å². The molecule has 164 valence electrons. The number of aromatic nitrogens is 2. The summed E-state index contributed by atoms with van der Waals surface area (Å²) in [6.45, 7) is 15.6. The third-order valence-corrected chi connectivity index (χ3v) is 10.7. The quantitative estimate of drug-likeness (QED) is 0.467. The highest BCUT2D eigenvalue weighted by atomic mass is 28.4. The first-order chi connectivity index (χ1) is 13.6. The molecular formula is C21H37N3O4Si. The van der Waals surface area contributed by atoms with E-state index in [9.17, 15) is 9.90 Å². The Hall–Kier alpha value is -1.64. The minimum Gasteiger partial charge on any atom is -0.445 e. The van der Waals surface area contributed by atoms with Crippen LogP contribution in [0.4, 0.5) is 4.79 Å². The molecule has 0 aromatic carbocycles. The Morgan fingerprint density at radius 3 is 2.79 bits per heavy atom. The van der Waals surface area contributed by atoms with Crippen molar-refractivity contribution in [3.8, 4) is 0 Å². The number of aryl methyl sites for hydroxylation is 1. The maximum absolute atomic E-state index is 12.6. The van der Waals surface area contributed by atoms with Gasteiger partial charge in [-0.15, -0.1) is 0 Å². The fraction of sp³-hybridized carbons (Fsp3) is 0.714. The van der Waals surface area contributed by atoms with E-state index in [1.165, 1.54) is 0 Å². The molecule has 8 heteroatoms. The number of carbonyl (C=O) groups is 1. The molecule has 2 atom stereocenters. The van der Waals surface area contributed by atoms with Crippen molar-refractivity contribution in [1.29, 1.82) is 0 Å². The third-order valence-electron chi connectivity index (χ3n) is 6.12. The van der Waals surface area contributed by atoms with E-state index in [-0.39, 0.29) is 36.5 Å². The van der Waals surface area contributed by atoms with E-state index in [1.54, 1.807) is 12.3 Å². The monoisotopic (exact) mass is 423 g/mol. The number of hydrogen-bond donors (Lipinski definition) is 2. The van der Waals surface area contributed by atoms with Crippen molar-refractivity contribution in [3.05, 3.63) is 30.1 Å². The van der Waals surface area contributed by atoms with E-state index in [1.807, 2.05) is 4.90 Å². The van der Waals surface area contributed by atoms with Gasteiger partial charge in [0, 0.05) is 24.9 Å². The van der Waals surface area contributed by atoms with Gasteiger partial charge in [-0.1, -0.05) is 33.4 Å². The van der Waals surface area contributed by atoms with Crippen molar-refractivity contribution in [2.75, 3.05) is 19.8 Å². The summed E-state index contributed by atoms with van der Waals surface area (Å²) in [6, 6.07) is 0.0485. The minimum atomic E-state index is -1.92. The van der Waals surface area contributed by atoms with E-state index in [2.05, 4.69) is 50.6 Å². The van der Waals surface area contributed by atoms with Gasteiger partial charge < -0.3 is 19.2 Å². The van der Waals surface area contributed by atoms with Crippen LogP contribution >= 0.6 is 0 Å². The summed E-state index contributed by atoms with van der Waals surface area (Å²) in [6.07, 6.45) is 6.00. The second-order valence-corrected chi connectivity index (χ2v) is 14.1. The van der Waals surface area contributed by atoms with Crippen LogP contribution in [0.5, 0.6) is 0 Å². The summed E-state index contributed by atoms with van der Waals surface area (Å²) in [5.41, 5.74) is 2.05. The lowest BCUT2D eigenvalue weighted by Crippen LogP contribution is -2.44. The van der Waals surface area contributed by atoms with Gasteiger partial charge in [0.15, 0.2) is 8.32 Å². The number of hydrogen-bond acceptors (Lipinski definition) is 5. The van der Waals surface area contributed by atoms with Crippen LogP contribution < -0.4 is 0 Å². The molecule has 1 aliphatic heterocycles. The molecule has 1 aliphatic rings. The predicted molar refractivity (Wildman–Crippen MR) is 116 cm³/mol. The fourth-order valence-electron chi connectivity index (χ4n) is 3.46. The summed E-state index contributed by atoms with van der Waals surface area (Å²) >= 11 is 0. The molecule has 0 unspecified atom stereocenters. The largest absolute Gasteiger partial charge is 0.445 e. The zero-order chi connectivity index (χ0) is 21.7. The number of nitrogens with one attached hydrogen (secondary N) is 1. The van der Waals surface area contributed by atoms with E-state index in [4.69, 9.17) is 9.16 Å². The number of aromatic amines is 1. The maximum atomic E-state index is 12.6. The molecule has 0 radical (unpaired) electrons. The summed E-state index contributed by atoms with van der Waals surface area (Å²) in [5, 5.41) is 16.5. The Morgan fingerprint density at radius 1 is 1.45 bits per heavy atom.